The standard InChI is InChI=1S/C22H29NO2/c1-7-16-8-12-18(13-9-16)23-20(24)22(5,6)25-19-14-10-17(11-15-19)21(2,3)4/h8-15H,7H2,1-6H3,(H,23,24). The lowest BCUT2D eigenvalue weighted by Gasteiger charge is -2.26. The molecule has 0 heterocycles. The average molecular weight is 339 g/mol. The van der Waals surface area contributed by atoms with E-state index in [1.165, 1.54) is 11.1 Å². The molecular formula is C22H29NO2. The summed E-state index contributed by atoms with van der Waals surface area (Å²) in [4.78, 5) is 12.6. The SMILES string of the molecule is CCc1ccc(NC(=O)C(C)(C)Oc2ccc(C(C)(C)C)cc2)cc1. The number of hydrogen-bond acceptors (Lipinski definition) is 2. The third-order valence-electron chi connectivity index (χ3n) is 4.26. The predicted molar refractivity (Wildman–Crippen MR) is 104 cm³/mol. The lowest BCUT2D eigenvalue weighted by atomic mass is 9.87. The van der Waals surface area contributed by atoms with Crippen LogP contribution in [0.2, 0.25) is 0 Å². The van der Waals surface area contributed by atoms with Crippen LogP contribution in [0.5, 0.6) is 5.75 Å². The van der Waals surface area contributed by atoms with Gasteiger partial charge in [-0.15, -0.1) is 0 Å². The number of aryl methyl sites for hydroxylation is 1. The molecule has 0 unspecified atom stereocenters. The number of anilines is 1. The molecule has 0 aliphatic carbocycles. The maximum atomic E-state index is 12.6. The second kappa shape index (κ2) is 7.30. The van der Waals surface area contributed by atoms with Crippen LogP contribution in [-0.2, 0) is 16.6 Å². The van der Waals surface area contributed by atoms with Crippen LogP contribution in [0.4, 0.5) is 5.69 Å². The average Bonchev–Trinajstić information content (AvgIpc) is 2.55. The van der Waals surface area contributed by atoms with E-state index in [1.54, 1.807) is 13.8 Å². The van der Waals surface area contributed by atoms with Crippen molar-refractivity contribution in [2.75, 3.05) is 5.32 Å². The first-order valence-corrected chi connectivity index (χ1v) is 8.82. The Kier molecular flexibility index (Phi) is 5.56. The van der Waals surface area contributed by atoms with E-state index in [0.29, 0.717) is 5.75 Å². The van der Waals surface area contributed by atoms with Crippen molar-refractivity contribution in [3.05, 3.63) is 59.7 Å². The molecule has 0 aliphatic rings. The quantitative estimate of drug-likeness (QED) is 0.798. The monoisotopic (exact) mass is 339 g/mol. The van der Waals surface area contributed by atoms with E-state index in [0.717, 1.165) is 12.1 Å². The van der Waals surface area contributed by atoms with E-state index >= 15 is 0 Å². The number of carbonyl (C=O) groups excluding carboxylic acids is 1. The maximum absolute atomic E-state index is 12.6. The van der Waals surface area contributed by atoms with Gasteiger partial charge in [0.05, 0.1) is 0 Å². The third-order valence-corrected chi connectivity index (χ3v) is 4.26. The van der Waals surface area contributed by atoms with E-state index in [2.05, 4.69) is 33.0 Å². The van der Waals surface area contributed by atoms with Crippen LogP contribution >= 0.6 is 0 Å². The fourth-order valence-corrected chi connectivity index (χ4v) is 2.47. The molecule has 3 heteroatoms. The topological polar surface area (TPSA) is 38.3 Å². The summed E-state index contributed by atoms with van der Waals surface area (Å²) in [6.45, 7) is 12.2. The summed E-state index contributed by atoms with van der Waals surface area (Å²) in [5, 5.41) is 2.93. The Morgan fingerprint density at radius 2 is 1.48 bits per heavy atom. The van der Waals surface area contributed by atoms with Crippen molar-refractivity contribution < 1.29 is 9.53 Å². The molecular weight excluding hydrogens is 310 g/mol. The smallest absolute Gasteiger partial charge is 0.267 e. The molecule has 134 valence electrons. The van der Waals surface area contributed by atoms with Crippen LogP contribution in [0, 0.1) is 0 Å². The van der Waals surface area contributed by atoms with Gasteiger partial charge in [0.15, 0.2) is 5.60 Å². The van der Waals surface area contributed by atoms with Gasteiger partial charge in [0.25, 0.3) is 5.91 Å². The van der Waals surface area contributed by atoms with Gasteiger partial charge in [0.2, 0.25) is 0 Å². The Labute approximate surface area is 151 Å². The highest BCUT2D eigenvalue weighted by molar-refractivity contribution is 5.97. The Morgan fingerprint density at radius 3 is 1.96 bits per heavy atom. The first-order chi connectivity index (χ1) is 11.6. The molecule has 0 spiro atoms. The highest BCUT2D eigenvalue weighted by atomic mass is 16.5. The largest absolute Gasteiger partial charge is 0.478 e. The first-order valence-electron chi connectivity index (χ1n) is 8.82. The summed E-state index contributed by atoms with van der Waals surface area (Å²) >= 11 is 0. The summed E-state index contributed by atoms with van der Waals surface area (Å²) in [7, 11) is 0. The summed E-state index contributed by atoms with van der Waals surface area (Å²) in [5.74, 6) is 0.520. The van der Waals surface area contributed by atoms with Crippen molar-refractivity contribution >= 4 is 11.6 Å². The first kappa shape index (κ1) is 19.0. The zero-order chi connectivity index (χ0) is 18.7. The molecule has 0 saturated carbocycles. The molecule has 3 nitrogen and oxygen atoms in total. The van der Waals surface area contributed by atoms with Gasteiger partial charge in [-0.25, -0.2) is 0 Å². The Hall–Kier alpha value is -2.29. The fraction of sp³-hybridized carbons (Fsp3) is 0.409. The molecule has 0 radical (unpaired) electrons. The summed E-state index contributed by atoms with van der Waals surface area (Å²) in [6.07, 6.45) is 0.980. The highest BCUT2D eigenvalue weighted by Crippen LogP contribution is 2.26. The summed E-state index contributed by atoms with van der Waals surface area (Å²) in [5.41, 5.74) is 2.38. The normalized spacial score (nSPS) is 11.9. The van der Waals surface area contributed by atoms with E-state index in [9.17, 15) is 4.79 Å². The van der Waals surface area contributed by atoms with Crippen molar-refractivity contribution in [1.29, 1.82) is 0 Å². The molecule has 25 heavy (non-hydrogen) atoms. The molecule has 0 aromatic heterocycles. The van der Waals surface area contributed by atoms with Crippen LogP contribution in [0.15, 0.2) is 48.5 Å². The molecule has 0 atom stereocenters. The number of hydrogen-bond donors (Lipinski definition) is 1. The second-order valence-electron chi connectivity index (χ2n) is 7.89. The lowest BCUT2D eigenvalue weighted by Crippen LogP contribution is -2.42. The van der Waals surface area contributed by atoms with Gasteiger partial charge in [0, 0.05) is 5.69 Å². The molecule has 1 amide bonds. The number of benzene rings is 2. The fourth-order valence-electron chi connectivity index (χ4n) is 2.47. The van der Waals surface area contributed by atoms with Crippen molar-refractivity contribution in [3.8, 4) is 5.75 Å². The molecule has 2 rings (SSSR count). The predicted octanol–water partition coefficient (Wildman–Crippen LogP) is 5.34. The van der Waals surface area contributed by atoms with Crippen molar-refractivity contribution in [1.82, 2.24) is 0 Å². The Bertz CT molecular complexity index is 707. The van der Waals surface area contributed by atoms with Gasteiger partial charge in [0.1, 0.15) is 5.75 Å². The van der Waals surface area contributed by atoms with Crippen LogP contribution in [0.1, 0.15) is 52.7 Å². The maximum Gasteiger partial charge on any atom is 0.267 e. The van der Waals surface area contributed by atoms with Crippen molar-refractivity contribution in [2.24, 2.45) is 0 Å². The lowest BCUT2D eigenvalue weighted by molar-refractivity contribution is -0.128. The van der Waals surface area contributed by atoms with E-state index in [-0.39, 0.29) is 11.3 Å². The summed E-state index contributed by atoms with van der Waals surface area (Å²) in [6, 6.07) is 15.8. The van der Waals surface area contributed by atoms with Gasteiger partial charge in [-0.05, 0) is 61.1 Å². The molecule has 0 aliphatic heterocycles. The van der Waals surface area contributed by atoms with Gasteiger partial charge in [-0.1, -0.05) is 52.0 Å². The molecule has 2 aromatic carbocycles. The minimum absolute atomic E-state index is 0.0933. The minimum Gasteiger partial charge on any atom is -0.478 e. The Morgan fingerprint density at radius 1 is 0.920 bits per heavy atom. The van der Waals surface area contributed by atoms with Crippen molar-refractivity contribution in [3.63, 3.8) is 0 Å². The van der Waals surface area contributed by atoms with Crippen LogP contribution in [0.3, 0.4) is 0 Å². The Balaban J connectivity index is 2.05. The van der Waals surface area contributed by atoms with E-state index < -0.39 is 5.60 Å². The van der Waals surface area contributed by atoms with Gasteiger partial charge in [-0.2, -0.15) is 0 Å². The third kappa shape index (κ3) is 5.09. The molecule has 0 bridgehead atoms. The summed E-state index contributed by atoms with van der Waals surface area (Å²) < 4.78 is 5.94. The number of ether oxygens (including phenoxy) is 1. The number of amides is 1. The van der Waals surface area contributed by atoms with Crippen LogP contribution in [0.25, 0.3) is 0 Å². The highest BCUT2D eigenvalue weighted by Gasteiger charge is 2.30. The van der Waals surface area contributed by atoms with Gasteiger partial charge < -0.3 is 10.1 Å². The van der Waals surface area contributed by atoms with Crippen LogP contribution < -0.4 is 10.1 Å². The second-order valence-corrected chi connectivity index (χ2v) is 7.89. The minimum atomic E-state index is -0.966. The van der Waals surface area contributed by atoms with E-state index in [1.807, 2.05) is 48.5 Å². The molecule has 1 N–H and O–H groups in total. The number of rotatable bonds is 5. The van der Waals surface area contributed by atoms with Crippen LogP contribution in [-0.4, -0.2) is 11.5 Å². The van der Waals surface area contributed by atoms with E-state index in [4.69, 9.17) is 4.74 Å². The van der Waals surface area contributed by atoms with Crippen molar-refractivity contribution in [2.45, 2.75) is 59.0 Å². The molecule has 0 fully saturated rings. The van der Waals surface area contributed by atoms with Gasteiger partial charge >= 0.3 is 0 Å². The zero-order valence-electron chi connectivity index (χ0n) is 16.1. The molecule has 2 aromatic rings. The van der Waals surface area contributed by atoms with Gasteiger partial charge in [-0.3, -0.25) is 4.79 Å². The number of carbonyl (C=O) groups is 1. The number of nitrogens with one attached hydrogen (secondary N) is 1. The zero-order valence-corrected chi connectivity index (χ0v) is 16.1. The molecule has 0 saturated heterocycles.